The summed E-state index contributed by atoms with van der Waals surface area (Å²) in [7, 11) is 1.45. The maximum atomic E-state index is 12.3. The maximum absolute atomic E-state index is 12.3. The number of carbonyl (C=O) groups is 2. The maximum Gasteiger partial charge on any atom is 0.363 e. The van der Waals surface area contributed by atoms with Crippen molar-refractivity contribution in [3.63, 3.8) is 0 Å². The van der Waals surface area contributed by atoms with Gasteiger partial charge in [-0.15, -0.1) is 0 Å². The number of fused-ring (bicyclic) bond motifs is 1. The predicted octanol–water partition coefficient (Wildman–Crippen LogP) is 3.46. The van der Waals surface area contributed by atoms with Crippen LogP contribution in [0.2, 0.25) is 0 Å². The zero-order valence-electron chi connectivity index (χ0n) is 15.4. The third-order valence-electron chi connectivity index (χ3n) is 4.04. The van der Waals surface area contributed by atoms with Gasteiger partial charge < -0.3 is 23.7 Å². The van der Waals surface area contributed by atoms with Crippen LogP contribution in [0.25, 0.3) is 6.08 Å². The fraction of sp³-hybridized carbons (Fsp3) is 0.150. The molecule has 0 unspecified atom stereocenters. The Morgan fingerprint density at radius 1 is 1.21 bits per heavy atom. The van der Waals surface area contributed by atoms with Crippen LogP contribution < -0.4 is 18.9 Å². The molecule has 8 nitrogen and oxygen atoms in total. The molecule has 4 rings (SSSR count). The molecule has 9 heteroatoms. The number of aliphatic imine (C=N–C) groups is 1. The predicted molar refractivity (Wildman–Crippen MR) is 105 cm³/mol. The third kappa shape index (κ3) is 3.81. The van der Waals surface area contributed by atoms with Crippen LogP contribution in [-0.4, -0.2) is 31.7 Å². The Balaban J connectivity index is 1.66. The van der Waals surface area contributed by atoms with Gasteiger partial charge in [0.2, 0.25) is 12.7 Å². The number of cyclic esters (lactones) is 1. The van der Waals surface area contributed by atoms with Crippen LogP contribution in [0, 0.1) is 0 Å². The Kier molecular flexibility index (Phi) is 4.98. The van der Waals surface area contributed by atoms with Crippen molar-refractivity contribution in [1.29, 1.82) is 0 Å². The van der Waals surface area contributed by atoms with E-state index in [0.717, 1.165) is 0 Å². The van der Waals surface area contributed by atoms with Gasteiger partial charge in [-0.1, -0.05) is 0 Å². The van der Waals surface area contributed by atoms with Gasteiger partial charge in [-0.3, -0.25) is 4.79 Å². The minimum absolute atomic E-state index is 0.117. The lowest BCUT2D eigenvalue weighted by atomic mass is 10.1. The molecule has 0 spiro atoms. The molecule has 2 aliphatic rings. The van der Waals surface area contributed by atoms with Crippen molar-refractivity contribution in [2.24, 2.45) is 4.99 Å². The second-order valence-electron chi connectivity index (χ2n) is 6.03. The molecule has 0 saturated carbocycles. The monoisotopic (exact) mass is 459 g/mol. The normalized spacial score (nSPS) is 15.9. The number of hydrogen-bond donors (Lipinski definition) is 0. The number of halogens is 1. The Morgan fingerprint density at radius 2 is 2.00 bits per heavy atom. The summed E-state index contributed by atoms with van der Waals surface area (Å²) in [5.41, 5.74) is 1.31. The molecule has 0 fully saturated rings. The lowest BCUT2D eigenvalue weighted by Crippen LogP contribution is -2.05. The summed E-state index contributed by atoms with van der Waals surface area (Å²) >= 11 is 3.34. The second-order valence-corrected chi connectivity index (χ2v) is 6.89. The van der Waals surface area contributed by atoms with E-state index in [2.05, 4.69) is 20.9 Å². The molecule has 0 amide bonds. The van der Waals surface area contributed by atoms with Crippen molar-refractivity contribution in [2.45, 2.75) is 6.92 Å². The molecule has 2 aromatic carbocycles. The summed E-state index contributed by atoms with van der Waals surface area (Å²) in [6, 6.07) is 8.46. The lowest BCUT2D eigenvalue weighted by molar-refractivity contribution is -0.132. The van der Waals surface area contributed by atoms with Crippen molar-refractivity contribution in [3.05, 3.63) is 51.6 Å². The van der Waals surface area contributed by atoms with E-state index in [1.807, 2.05) is 0 Å². The number of rotatable bonds is 4. The standard InChI is InChI=1S/C20H14BrNO7/c1-10(23)28-18-13(21)5-11(7-17(18)25-2)6-14-20(24)29-19(22-14)12-3-4-15-16(8-12)27-9-26-15/h3-8H,9H2,1-2H3. The molecular formula is C20H14BrNO7. The number of nitrogens with zero attached hydrogens (tertiary/aromatic N) is 1. The number of methoxy groups -OCH3 is 1. The number of ether oxygens (including phenoxy) is 5. The van der Waals surface area contributed by atoms with E-state index >= 15 is 0 Å². The molecule has 0 radical (unpaired) electrons. The average molecular weight is 460 g/mol. The van der Waals surface area contributed by atoms with E-state index in [0.29, 0.717) is 32.8 Å². The summed E-state index contributed by atoms with van der Waals surface area (Å²) in [5.74, 6) is 0.868. The topological polar surface area (TPSA) is 92.7 Å². The SMILES string of the molecule is COc1cc(C=C2N=C(c3ccc4c(c3)OCO4)OC2=O)cc(Br)c1OC(C)=O. The summed E-state index contributed by atoms with van der Waals surface area (Å²) in [5, 5.41) is 0. The van der Waals surface area contributed by atoms with Gasteiger partial charge in [0.25, 0.3) is 0 Å². The van der Waals surface area contributed by atoms with Crippen LogP contribution >= 0.6 is 15.9 Å². The molecule has 2 aromatic rings. The molecule has 0 aromatic heterocycles. The van der Waals surface area contributed by atoms with Gasteiger partial charge in [-0.05, 0) is 57.9 Å². The Labute approximate surface area is 173 Å². The van der Waals surface area contributed by atoms with Crippen LogP contribution in [0.1, 0.15) is 18.1 Å². The first-order chi connectivity index (χ1) is 13.9. The van der Waals surface area contributed by atoms with E-state index in [9.17, 15) is 9.59 Å². The Hall–Kier alpha value is -3.33. The van der Waals surface area contributed by atoms with Gasteiger partial charge in [0.05, 0.1) is 11.6 Å². The van der Waals surface area contributed by atoms with E-state index in [1.165, 1.54) is 14.0 Å². The Morgan fingerprint density at radius 3 is 2.76 bits per heavy atom. The fourth-order valence-electron chi connectivity index (χ4n) is 2.79. The molecular weight excluding hydrogens is 446 g/mol. The van der Waals surface area contributed by atoms with Crippen LogP contribution in [0.15, 0.2) is 45.5 Å². The highest BCUT2D eigenvalue weighted by Gasteiger charge is 2.26. The van der Waals surface area contributed by atoms with Gasteiger partial charge in [0.15, 0.2) is 28.7 Å². The van der Waals surface area contributed by atoms with Crippen molar-refractivity contribution in [1.82, 2.24) is 0 Å². The van der Waals surface area contributed by atoms with Crippen molar-refractivity contribution in [3.8, 4) is 23.0 Å². The van der Waals surface area contributed by atoms with E-state index in [4.69, 9.17) is 23.7 Å². The minimum atomic E-state index is -0.586. The highest BCUT2D eigenvalue weighted by atomic mass is 79.9. The molecule has 2 heterocycles. The fourth-order valence-corrected chi connectivity index (χ4v) is 3.33. The number of esters is 2. The van der Waals surface area contributed by atoms with Crippen molar-refractivity contribution >= 4 is 39.8 Å². The first-order valence-electron chi connectivity index (χ1n) is 8.43. The zero-order chi connectivity index (χ0) is 20.5. The average Bonchev–Trinajstić information content (AvgIpc) is 3.29. The first kappa shape index (κ1) is 19.0. The Bertz CT molecular complexity index is 1090. The van der Waals surface area contributed by atoms with E-state index in [-0.39, 0.29) is 24.1 Å². The third-order valence-corrected chi connectivity index (χ3v) is 4.63. The smallest absolute Gasteiger partial charge is 0.363 e. The molecule has 148 valence electrons. The molecule has 0 N–H and O–H groups in total. The quantitative estimate of drug-likeness (QED) is 0.392. The van der Waals surface area contributed by atoms with Gasteiger partial charge in [0.1, 0.15) is 0 Å². The number of carbonyl (C=O) groups excluding carboxylic acids is 2. The van der Waals surface area contributed by atoms with Crippen LogP contribution in [0.3, 0.4) is 0 Å². The molecule has 0 aliphatic carbocycles. The molecule has 29 heavy (non-hydrogen) atoms. The second kappa shape index (κ2) is 7.59. The zero-order valence-corrected chi connectivity index (χ0v) is 16.9. The summed E-state index contributed by atoms with van der Waals surface area (Å²) < 4.78 is 26.8. The van der Waals surface area contributed by atoms with E-state index < -0.39 is 11.9 Å². The molecule has 0 bridgehead atoms. The molecule has 0 saturated heterocycles. The van der Waals surface area contributed by atoms with Crippen LogP contribution in [0.5, 0.6) is 23.0 Å². The summed E-state index contributed by atoms with van der Waals surface area (Å²) in [4.78, 5) is 27.8. The summed E-state index contributed by atoms with van der Waals surface area (Å²) in [6.45, 7) is 1.44. The van der Waals surface area contributed by atoms with E-state index in [1.54, 1.807) is 36.4 Å². The van der Waals surface area contributed by atoms with Crippen molar-refractivity contribution < 1.29 is 33.3 Å². The van der Waals surface area contributed by atoms with Crippen LogP contribution in [0.4, 0.5) is 0 Å². The van der Waals surface area contributed by atoms with Gasteiger partial charge >= 0.3 is 11.9 Å². The largest absolute Gasteiger partial charge is 0.493 e. The highest BCUT2D eigenvalue weighted by Crippen LogP contribution is 2.38. The highest BCUT2D eigenvalue weighted by molar-refractivity contribution is 9.10. The van der Waals surface area contributed by atoms with Gasteiger partial charge in [-0.25, -0.2) is 9.79 Å². The lowest BCUT2D eigenvalue weighted by Gasteiger charge is -2.11. The molecule has 0 atom stereocenters. The minimum Gasteiger partial charge on any atom is -0.493 e. The van der Waals surface area contributed by atoms with Gasteiger partial charge in [0, 0.05) is 12.5 Å². The van der Waals surface area contributed by atoms with Gasteiger partial charge in [-0.2, -0.15) is 0 Å². The first-order valence-corrected chi connectivity index (χ1v) is 9.22. The number of benzene rings is 2. The van der Waals surface area contributed by atoms with Crippen LogP contribution in [-0.2, 0) is 14.3 Å². The molecule has 2 aliphatic heterocycles. The summed E-state index contributed by atoms with van der Waals surface area (Å²) in [6.07, 6.45) is 1.55. The number of hydrogen-bond acceptors (Lipinski definition) is 8. The van der Waals surface area contributed by atoms with Crippen molar-refractivity contribution in [2.75, 3.05) is 13.9 Å².